The van der Waals surface area contributed by atoms with Gasteiger partial charge in [-0.05, 0) is 44.0 Å². The fraction of sp³-hybridized carbons (Fsp3) is 0.423. The average Bonchev–Trinajstić information content (AvgIpc) is 3.37. The molecule has 0 unspecified atom stereocenters. The van der Waals surface area contributed by atoms with Crippen molar-refractivity contribution in [1.82, 2.24) is 20.0 Å². The lowest BCUT2D eigenvalue weighted by Crippen LogP contribution is -2.56. The van der Waals surface area contributed by atoms with Gasteiger partial charge in [-0.1, -0.05) is 24.3 Å². The summed E-state index contributed by atoms with van der Waals surface area (Å²) >= 11 is 0. The summed E-state index contributed by atoms with van der Waals surface area (Å²) < 4.78 is 10.7. The molecule has 0 spiro atoms. The van der Waals surface area contributed by atoms with Crippen molar-refractivity contribution in [3.05, 3.63) is 70.8 Å². The Hall–Kier alpha value is -3.59. The molecule has 0 bridgehead atoms. The Morgan fingerprint density at radius 1 is 1.17 bits per heavy atom. The maximum absolute atomic E-state index is 13.2. The Morgan fingerprint density at radius 2 is 1.94 bits per heavy atom. The first-order valence-corrected chi connectivity index (χ1v) is 11.9. The molecule has 2 aliphatic rings. The number of urea groups is 1. The third-order valence-corrected chi connectivity index (χ3v) is 6.65. The van der Waals surface area contributed by atoms with Crippen LogP contribution in [0, 0.1) is 6.92 Å². The number of likely N-dealkylation sites (N-methyl/N-ethyl adjacent to an activating group) is 1. The number of benzene rings is 1. The van der Waals surface area contributed by atoms with Crippen LogP contribution in [-0.2, 0) is 9.53 Å². The van der Waals surface area contributed by atoms with Crippen LogP contribution in [0.1, 0.15) is 41.6 Å². The summed E-state index contributed by atoms with van der Waals surface area (Å²) in [6.45, 7) is 8.03. The van der Waals surface area contributed by atoms with Crippen molar-refractivity contribution >= 4 is 17.9 Å². The number of nitrogens with one attached hydrogen (secondary N) is 1. The molecule has 3 heterocycles. The molecule has 1 saturated heterocycles. The number of aryl methyl sites for hydroxylation is 1. The van der Waals surface area contributed by atoms with Gasteiger partial charge in [0.25, 0.3) is 5.91 Å². The van der Waals surface area contributed by atoms with Gasteiger partial charge in [0.05, 0.1) is 24.5 Å². The minimum absolute atomic E-state index is 0.0668. The topological polar surface area (TPSA) is 95.3 Å². The van der Waals surface area contributed by atoms with E-state index in [1.54, 1.807) is 31.0 Å². The number of nitrogens with zero attached hydrogens (tertiary/aromatic N) is 3. The molecule has 2 aliphatic heterocycles. The van der Waals surface area contributed by atoms with Crippen LogP contribution < -0.4 is 5.32 Å². The van der Waals surface area contributed by atoms with Gasteiger partial charge in [0.15, 0.2) is 5.76 Å². The zero-order chi connectivity index (χ0) is 25.1. The van der Waals surface area contributed by atoms with E-state index in [0.717, 1.165) is 11.1 Å². The van der Waals surface area contributed by atoms with Gasteiger partial charge < -0.3 is 19.4 Å². The lowest BCUT2D eigenvalue weighted by Gasteiger charge is -2.42. The van der Waals surface area contributed by atoms with Crippen LogP contribution in [0.25, 0.3) is 0 Å². The van der Waals surface area contributed by atoms with E-state index >= 15 is 0 Å². The predicted octanol–water partition coefficient (Wildman–Crippen LogP) is 2.95. The van der Waals surface area contributed by atoms with Gasteiger partial charge >= 0.3 is 12.0 Å². The van der Waals surface area contributed by atoms with Crippen LogP contribution in [0.2, 0.25) is 0 Å². The fourth-order valence-electron chi connectivity index (χ4n) is 4.77. The monoisotopic (exact) mass is 480 g/mol. The number of esters is 1. The Labute approximate surface area is 205 Å². The van der Waals surface area contributed by atoms with E-state index < -0.39 is 12.0 Å². The summed E-state index contributed by atoms with van der Waals surface area (Å²) in [7, 11) is 1.66. The number of carbonyl (C=O) groups excluding carboxylic acids is 3. The molecule has 1 aromatic carbocycles. The minimum Gasteiger partial charge on any atom is -0.463 e. The summed E-state index contributed by atoms with van der Waals surface area (Å²) in [6, 6.07) is 10.1. The molecule has 0 saturated carbocycles. The van der Waals surface area contributed by atoms with Crippen molar-refractivity contribution in [2.75, 3.05) is 39.8 Å². The lowest BCUT2D eigenvalue weighted by atomic mass is 9.91. The molecule has 1 fully saturated rings. The molecule has 0 aliphatic carbocycles. The standard InChI is InChI=1S/C26H32N4O5/c1-5-34-25(32)22-20(28(4)26(33)27-23(22)19-10-7-6-9-17(19)2)16-29-12-13-30(18(3)15-29)24(31)21-11-8-14-35-21/h6-11,14,18,23H,5,12-13,15-16H2,1-4H3,(H,27,33)/t18-,23-/m1/s1. The molecule has 1 N–H and O–H groups in total. The zero-order valence-electron chi connectivity index (χ0n) is 20.6. The van der Waals surface area contributed by atoms with Crippen LogP contribution in [0.3, 0.4) is 0 Å². The van der Waals surface area contributed by atoms with Crippen molar-refractivity contribution in [1.29, 1.82) is 0 Å². The molecule has 1 aromatic heterocycles. The summed E-state index contributed by atoms with van der Waals surface area (Å²) in [5.74, 6) is -0.257. The minimum atomic E-state index is -0.604. The van der Waals surface area contributed by atoms with Crippen LogP contribution >= 0.6 is 0 Å². The molecule has 9 heteroatoms. The van der Waals surface area contributed by atoms with Crippen LogP contribution in [-0.4, -0.2) is 78.5 Å². The first kappa shape index (κ1) is 24.5. The van der Waals surface area contributed by atoms with Crippen molar-refractivity contribution in [3.8, 4) is 0 Å². The number of ether oxygens (including phenoxy) is 1. The summed E-state index contributed by atoms with van der Waals surface area (Å²) in [4.78, 5) is 44.4. The maximum Gasteiger partial charge on any atom is 0.338 e. The van der Waals surface area contributed by atoms with E-state index in [1.807, 2.05) is 38.1 Å². The first-order chi connectivity index (χ1) is 16.8. The van der Waals surface area contributed by atoms with Crippen molar-refractivity contribution in [2.24, 2.45) is 0 Å². The number of furan rings is 1. The fourth-order valence-corrected chi connectivity index (χ4v) is 4.77. The van der Waals surface area contributed by atoms with Gasteiger partial charge in [-0.15, -0.1) is 0 Å². The molecule has 3 amide bonds. The van der Waals surface area contributed by atoms with Crippen LogP contribution in [0.4, 0.5) is 4.79 Å². The number of rotatable bonds is 6. The molecular weight excluding hydrogens is 448 g/mol. The van der Waals surface area contributed by atoms with Gasteiger partial charge in [0.1, 0.15) is 0 Å². The average molecular weight is 481 g/mol. The lowest BCUT2D eigenvalue weighted by molar-refractivity contribution is -0.139. The Balaban J connectivity index is 1.62. The van der Waals surface area contributed by atoms with Gasteiger partial charge in [-0.2, -0.15) is 0 Å². The number of amides is 3. The molecule has 2 atom stereocenters. The van der Waals surface area contributed by atoms with E-state index in [1.165, 1.54) is 11.2 Å². The largest absolute Gasteiger partial charge is 0.463 e. The predicted molar refractivity (Wildman–Crippen MR) is 130 cm³/mol. The highest BCUT2D eigenvalue weighted by atomic mass is 16.5. The number of hydrogen-bond donors (Lipinski definition) is 1. The SMILES string of the molecule is CCOC(=O)C1=C(CN2CCN(C(=O)c3ccco3)[C@H](C)C2)N(C)C(=O)N[C@@H]1c1ccccc1C. The van der Waals surface area contributed by atoms with E-state index in [-0.39, 0.29) is 24.6 Å². The van der Waals surface area contributed by atoms with Gasteiger partial charge in [0, 0.05) is 45.0 Å². The summed E-state index contributed by atoms with van der Waals surface area (Å²) in [6.07, 6.45) is 1.49. The third-order valence-electron chi connectivity index (χ3n) is 6.65. The quantitative estimate of drug-likeness (QED) is 0.639. The van der Waals surface area contributed by atoms with Crippen LogP contribution in [0.5, 0.6) is 0 Å². The highest BCUT2D eigenvalue weighted by molar-refractivity contribution is 5.95. The molecule has 9 nitrogen and oxygen atoms in total. The smallest absolute Gasteiger partial charge is 0.338 e. The second-order valence-electron chi connectivity index (χ2n) is 8.94. The molecule has 186 valence electrons. The third kappa shape index (κ3) is 4.95. The highest BCUT2D eigenvalue weighted by Gasteiger charge is 2.39. The molecule has 4 rings (SSSR count). The Bertz CT molecular complexity index is 1130. The molecule has 35 heavy (non-hydrogen) atoms. The van der Waals surface area contributed by atoms with E-state index in [9.17, 15) is 14.4 Å². The van der Waals surface area contributed by atoms with Crippen LogP contribution in [0.15, 0.2) is 58.3 Å². The van der Waals surface area contributed by atoms with Crippen molar-refractivity contribution in [2.45, 2.75) is 32.9 Å². The Kier molecular flexibility index (Phi) is 7.25. The summed E-state index contributed by atoms with van der Waals surface area (Å²) in [5, 5.41) is 2.97. The second kappa shape index (κ2) is 10.4. The maximum atomic E-state index is 13.2. The number of carbonyl (C=O) groups is 3. The molecule has 0 radical (unpaired) electrons. The normalized spacial score (nSPS) is 21.2. The first-order valence-electron chi connectivity index (χ1n) is 11.9. The van der Waals surface area contributed by atoms with Crippen molar-refractivity contribution < 1.29 is 23.5 Å². The van der Waals surface area contributed by atoms with Gasteiger partial charge in [0.2, 0.25) is 0 Å². The van der Waals surface area contributed by atoms with Gasteiger partial charge in [-0.25, -0.2) is 9.59 Å². The van der Waals surface area contributed by atoms with Crippen molar-refractivity contribution in [3.63, 3.8) is 0 Å². The highest BCUT2D eigenvalue weighted by Crippen LogP contribution is 2.33. The second-order valence-corrected chi connectivity index (χ2v) is 8.94. The number of piperazine rings is 1. The Morgan fingerprint density at radius 3 is 2.60 bits per heavy atom. The van der Waals surface area contributed by atoms with E-state index in [0.29, 0.717) is 43.2 Å². The zero-order valence-corrected chi connectivity index (χ0v) is 20.6. The molecular formula is C26H32N4O5. The van der Waals surface area contributed by atoms with E-state index in [4.69, 9.17) is 9.15 Å². The van der Waals surface area contributed by atoms with Gasteiger partial charge in [-0.3, -0.25) is 14.6 Å². The number of hydrogen-bond acceptors (Lipinski definition) is 6. The molecule has 2 aromatic rings. The van der Waals surface area contributed by atoms with E-state index in [2.05, 4.69) is 10.2 Å². The summed E-state index contributed by atoms with van der Waals surface area (Å²) in [5.41, 5.74) is 2.88.